The highest BCUT2D eigenvalue weighted by atomic mass is 35.5. The average molecular weight is 305 g/mol. The van der Waals surface area contributed by atoms with Gasteiger partial charge in [0.2, 0.25) is 0 Å². The highest BCUT2D eigenvalue weighted by molar-refractivity contribution is 6.34. The molecule has 2 aromatic carbocycles. The minimum atomic E-state index is -0.393. The number of carbonyl (C=O) groups is 1. The third kappa shape index (κ3) is 3.97. The van der Waals surface area contributed by atoms with Gasteiger partial charge in [0, 0.05) is 5.69 Å². The van der Waals surface area contributed by atoms with Gasteiger partial charge in [-0.2, -0.15) is 0 Å². The monoisotopic (exact) mass is 304 g/mol. The number of rotatable bonds is 5. The van der Waals surface area contributed by atoms with Gasteiger partial charge >= 0.3 is 0 Å². The topological polar surface area (TPSA) is 75.4 Å². The summed E-state index contributed by atoms with van der Waals surface area (Å²) in [7, 11) is 0. The van der Waals surface area contributed by atoms with E-state index in [4.69, 9.17) is 17.3 Å². The van der Waals surface area contributed by atoms with Crippen LogP contribution in [-0.2, 0) is 6.42 Å². The molecule has 0 spiro atoms. The van der Waals surface area contributed by atoms with Crippen molar-refractivity contribution in [3.63, 3.8) is 0 Å². The van der Waals surface area contributed by atoms with Gasteiger partial charge in [0.15, 0.2) is 0 Å². The van der Waals surface area contributed by atoms with E-state index >= 15 is 0 Å². The van der Waals surface area contributed by atoms with Gasteiger partial charge in [0.05, 0.1) is 23.2 Å². The Morgan fingerprint density at radius 3 is 2.52 bits per heavy atom. The Morgan fingerprint density at radius 1 is 1.19 bits per heavy atom. The van der Waals surface area contributed by atoms with Crippen LogP contribution in [0.4, 0.5) is 5.69 Å². The third-order valence-electron chi connectivity index (χ3n) is 3.15. The Hall–Kier alpha value is -2.04. The molecule has 0 aromatic heterocycles. The van der Waals surface area contributed by atoms with Crippen LogP contribution in [0, 0.1) is 0 Å². The van der Waals surface area contributed by atoms with Crippen LogP contribution in [-0.4, -0.2) is 23.7 Å². The number of nitrogens with one attached hydrogen (secondary N) is 1. The molecule has 4 N–H and O–H groups in total. The maximum atomic E-state index is 12.3. The number of aliphatic hydroxyl groups is 1. The fourth-order valence-electron chi connectivity index (χ4n) is 2.10. The first-order valence-electron chi connectivity index (χ1n) is 6.61. The van der Waals surface area contributed by atoms with Crippen molar-refractivity contribution in [3.8, 4) is 0 Å². The molecule has 0 unspecified atom stereocenters. The van der Waals surface area contributed by atoms with Gasteiger partial charge in [-0.25, -0.2) is 0 Å². The lowest BCUT2D eigenvalue weighted by Gasteiger charge is -2.17. The Bertz CT molecular complexity index is 597. The SMILES string of the molecule is Nc1cccc(Cl)c1C(=O)N[C@@H](CO)Cc1ccccc1. The van der Waals surface area contributed by atoms with E-state index in [0.717, 1.165) is 5.56 Å². The van der Waals surface area contributed by atoms with Crippen molar-refractivity contribution < 1.29 is 9.90 Å². The van der Waals surface area contributed by atoms with Crippen molar-refractivity contribution in [2.24, 2.45) is 0 Å². The van der Waals surface area contributed by atoms with E-state index in [1.165, 1.54) is 0 Å². The quantitative estimate of drug-likeness (QED) is 0.742. The molecule has 1 amide bonds. The summed E-state index contributed by atoms with van der Waals surface area (Å²) in [6.45, 7) is -0.162. The minimum absolute atomic E-state index is 0.162. The van der Waals surface area contributed by atoms with Crippen molar-refractivity contribution in [1.29, 1.82) is 0 Å². The van der Waals surface area contributed by atoms with Crippen LogP contribution in [0.5, 0.6) is 0 Å². The van der Waals surface area contributed by atoms with Crippen molar-refractivity contribution in [1.82, 2.24) is 5.32 Å². The molecule has 0 heterocycles. The van der Waals surface area contributed by atoms with Crippen molar-refractivity contribution in [2.45, 2.75) is 12.5 Å². The fourth-order valence-corrected chi connectivity index (χ4v) is 2.37. The number of hydrogen-bond acceptors (Lipinski definition) is 3. The first-order chi connectivity index (χ1) is 10.1. The van der Waals surface area contributed by atoms with E-state index in [1.807, 2.05) is 30.3 Å². The summed E-state index contributed by atoms with van der Waals surface area (Å²) in [6, 6.07) is 14.1. The molecular formula is C16H17ClN2O2. The Balaban J connectivity index is 2.10. The van der Waals surface area contributed by atoms with Gasteiger partial charge in [-0.3, -0.25) is 4.79 Å². The van der Waals surface area contributed by atoms with Crippen molar-refractivity contribution in [3.05, 3.63) is 64.7 Å². The molecule has 1 atom stereocenters. The molecule has 0 aliphatic carbocycles. The molecular weight excluding hydrogens is 288 g/mol. The van der Waals surface area contributed by atoms with E-state index in [2.05, 4.69) is 5.32 Å². The van der Waals surface area contributed by atoms with Crippen LogP contribution in [0.1, 0.15) is 15.9 Å². The molecule has 5 heteroatoms. The van der Waals surface area contributed by atoms with E-state index in [0.29, 0.717) is 17.1 Å². The molecule has 4 nitrogen and oxygen atoms in total. The molecule has 21 heavy (non-hydrogen) atoms. The van der Waals surface area contributed by atoms with Crippen LogP contribution in [0.3, 0.4) is 0 Å². The number of hydrogen-bond donors (Lipinski definition) is 3. The highest BCUT2D eigenvalue weighted by Gasteiger charge is 2.18. The van der Waals surface area contributed by atoms with Gasteiger partial charge in [-0.1, -0.05) is 48.0 Å². The zero-order valence-corrected chi connectivity index (χ0v) is 12.2. The Labute approximate surface area is 128 Å². The number of nitrogen functional groups attached to an aromatic ring is 1. The summed E-state index contributed by atoms with van der Waals surface area (Å²) in [5.74, 6) is -0.381. The molecule has 0 saturated heterocycles. The highest BCUT2D eigenvalue weighted by Crippen LogP contribution is 2.21. The van der Waals surface area contributed by atoms with Gasteiger partial charge < -0.3 is 16.2 Å². The largest absolute Gasteiger partial charge is 0.398 e. The molecule has 110 valence electrons. The number of aliphatic hydroxyl groups excluding tert-OH is 1. The lowest BCUT2D eigenvalue weighted by Crippen LogP contribution is -2.39. The average Bonchev–Trinajstić information content (AvgIpc) is 2.47. The normalized spacial score (nSPS) is 11.9. The van der Waals surface area contributed by atoms with Gasteiger partial charge in [-0.05, 0) is 24.1 Å². The van der Waals surface area contributed by atoms with Crippen molar-refractivity contribution in [2.75, 3.05) is 12.3 Å². The second-order valence-corrected chi connectivity index (χ2v) is 5.15. The molecule has 2 rings (SSSR count). The maximum absolute atomic E-state index is 12.3. The summed E-state index contributed by atoms with van der Waals surface area (Å²) in [6.07, 6.45) is 0.535. The number of nitrogens with two attached hydrogens (primary N) is 1. The third-order valence-corrected chi connectivity index (χ3v) is 3.47. The predicted molar refractivity (Wildman–Crippen MR) is 84.4 cm³/mol. The van der Waals surface area contributed by atoms with E-state index in [9.17, 15) is 9.90 Å². The lowest BCUT2D eigenvalue weighted by atomic mass is 10.1. The predicted octanol–water partition coefficient (Wildman–Crippen LogP) is 2.26. The molecule has 0 radical (unpaired) electrons. The van der Waals surface area contributed by atoms with Crippen LogP contribution in [0.15, 0.2) is 48.5 Å². The molecule has 0 saturated carbocycles. The van der Waals surface area contributed by atoms with E-state index < -0.39 is 6.04 Å². The number of halogens is 1. The van der Waals surface area contributed by atoms with Crippen LogP contribution in [0.2, 0.25) is 5.02 Å². The zero-order chi connectivity index (χ0) is 15.2. The second kappa shape index (κ2) is 7.11. The van der Waals surface area contributed by atoms with E-state index in [-0.39, 0.29) is 18.1 Å². The lowest BCUT2D eigenvalue weighted by molar-refractivity contribution is 0.0917. The van der Waals surface area contributed by atoms with Crippen LogP contribution in [0.25, 0.3) is 0 Å². The molecule has 0 fully saturated rings. The zero-order valence-electron chi connectivity index (χ0n) is 11.4. The standard InChI is InChI=1S/C16H17ClN2O2/c17-13-7-4-8-14(18)15(13)16(21)19-12(10-20)9-11-5-2-1-3-6-11/h1-8,12,20H,9-10,18H2,(H,19,21)/t12-/m1/s1. The summed E-state index contributed by atoms with van der Waals surface area (Å²) in [5.41, 5.74) is 7.37. The van der Waals surface area contributed by atoms with Gasteiger partial charge in [-0.15, -0.1) is 0 Å². The number of amides is 1. The smallest absolute Gasteiger partial charge is 0.255 e. The summed E-state index contributed by atoms with van der Waals surface area (Å²) < 4.78 is 0. The summed E-state index contributed by atoms with van der Waals surface area (Å²) >= 11 is 6.01. The summed E-state index contributed by atoms with van der Waals surface area (Å²) in [5, 5.41) is 12.5. The maximum Gasteiger partial charge on any atom is 0.255 e. The van der Waals surface area contributed by atoms with Crippen molar-refractivity contribution >= 4 is 23.2 Å². The van der Waals surface area contributed by atoms with Crippen LogP contribution < -0.4 is 11.1 Å². The Morgan fingerprint density at radius 2 is 1.90 bits per heavy atom. The minimum Gasteiger partial charge on any atom is -0.398 e. The van der Waals surface area contributed by atoms with Gasteiger partial charge in [0.1, 0.15) is 0 Å². The summed E-state index contributed by atoms with van der Waals surface area (Å²) in [4.78, 5) is 12.3. The fraction of sp³-hybridized carbons (Fsp3) is 0.188. The molecule has 0 bridgehead atoms. The first kappa shape index (κ1) is 15.4. The molecule has 2 aromatic rings. The van der Waals surface area contributed by atoms with Gasteiger partial charge in [0.25, 0.3) is 5.91 Å². The number of carbonyl (C=O) groups excluding carboxylic acids is 1. The molecule has 0 aliphatic heterocycles. The molecule has 0 aliphatic rings. The Kier molecular flexibility index (Phi) is 5.20. The van der Waals surface area contributed by atoms with Crippen LogP contribution >= 0.6 is 11.6 Å². The number of benzene rings is 2. The van der Waals surface area contributed by atoms with E-state index in [1.54, 1.807) is 18.2 Å². The number of anilines is 1. The first-order valence-corrected chi connectivity index (χ1v) is 6.99. The second-order valence-electron chi connectivity index (χ2n) is 4.75.